The molecule has 3 aliphatic rings. The Morgan fingerprint density at radius 2 is 2.19 bits per heavy atom. The van der Waals surface area contributed by atoms with Gasteiger partial charge in [-0.25, -0.2) is 0 Å². The molecule has 3 rings (SSSR count). The molecule has 5 heteroatoms. The molecule has 1 aliphatic carbocycles. The van der Waals surface area contributed by atoms with Crippen molar-refractivity contribution in [1.82, 2.24) is 4.90 Å². The Labute approximate surface area is 126 Å². The molecule has 2 fully saturated rings. The predicted molar refractivity (Wildman–Crippen MR) is 77.7 cm³/mol. The molecular weight excluding hydrogens is 270 g/mol. The van der Waals surface area contributed by atoms with Crippen LogP contribution in [-0.4, -0.2) is 56.1 Å². The second-order valence-corrected chi connectivity index (χ2v) is 6.34. The Morgan fingerprint density at radius 1 is 1.43 bits per heavy atom. The third-order valence-corrected chi connectivity index (χ3v) is 5.08. The fourth-order valence-corrected chi connectivity index (χ4v) is 3.88. The van der Waals surface area contributed by atoms with Gasteiger partial charge in [-0.05, 0) is 26.2 Å². The zero-order valence-electron chi connectivity index (χ0n) is 13.0. The molecule has 2 aliphatic heterocycles. The lowest BCUT2D eigenvalue weighted by molar-refractivity contribution is -0.227. The zero-order valence-corrected chi connectivity index (χ0v) is 13.0. The predicted octanol–water partition coefficient (Wildman–Crippen LogP) is 1.72. The topological polar surface area (TPSA) is 48.0 Å². The van der Waals surface area contributed by atoms with Gasteiger partial charge in [-0.15, -0.1) is 0 Å². The van der Waals surface area contributed by atoms with Crippen molar-refractivity contribution < 1.29 is 19.0 Å². The Morgan fingerprint density at radius 3 is 2.90 bits per heavy atom. The maximum absolute atomic E-state index is 13.2. The minimum Gasteiger partial charge on any atom is -0.383 e. The second kappa shape index (κ2) is 5.71. The number of hydrogen-bond acceptors (Lipinski definition) is 4. The molecule has 0 saturated carbocycles. The minimum absolute atomic E-state index is 0.111. The first-order valence-electron chi connectivity index (χ1n) is 7.88. The highest BCUT2D eigenvalue weighted by atomic mass is 16.7. The first-order chi connectivity index (χ1) is 10.1. The van der Waals surface area contributed by atoms with E-state index in [2.05, 4.69) is 6.08 Å². The molecule has 0 unspecified atom stereocenters. The van der Waals surface area contributed by atoms with Crippen LogP contribution in [0.5, 0.6) is 0 Å². The van der Waals surface area contributed by atoms with Gasteiger partial charge >= 0.3 is 0 Å². The third kappa shape index (κ3) is 2.31. The lowest BCUT2D eigenvalue weighted by Crippen LogP contribution is -2.58. The summed E-state index contributed by atoms with van der Waals surface area (Å²) in [6, 6.07) is 0.174. The highest BCUT2D eigenvalue weighted by molar-refractivity contribution is 5.86. The number of carbonyl (C=O) groups excluding carboxylic acids is 1. The van der Waals surface area contributed by atoms with Crippen molar-refractivity contribution in [2.75, 3.05) is 33.5 Å². The molecular formula is C16H25NO4. The van der Waals surface area contributed by atoms with E-state index in [-0.39, 0.29) is 11.9 Å². The van der Waals surface area contributed by atoms with E-state index in [0.29, 0.717) is 19.8 Å². The summed E-state index contributed by atoms with van der Waals surface area (Å²) in [6.45, 7) is 4.49. The van der Waals surface area contributed by atoms with Gasteiger partial charge in [0.25, 0.3) is 0 Å². The fourth-order valence-electron chi connectivity index (χ4n) is 3.88. The van der Waals surface area contributed by atoms with Crippen molar-refractivity contribution in [3.05, 3.63) is 12.2 Å². The normalized spacial score (nSPS) is 34.8. The molecule has 2 atom stereocenters. The molecule has 2 saturated heterocycles. The van der Waals surface area contributed by atoms with Gasteiger partial charge in [-0.2, -0.15) is 0 Å². The first-order valence-corrected chi connectivity index (χ1v) is 7.88. The van der Waals surface area contributed by atoms with Crippen LogP contribution in [0, 0.1) is 5.41 Å². The van der Waals surface area contributed by atoms with E-state index in [4.69, 9.17) is 14.2 Å². The number of hydrogen-bond donors (Lipinski definition) is 0. The molecule has 1 spiro atoms. The fraction of sp³-hybridized carbons (Fsp3) is 0.812. The van der Waals surface area contributed by atoms with Crippen molar-refractivity contribution >= 4 is 5.91 Å². The van der Waals surface area contributed by atoms with Crippen molar-refractivity contribution in [3.8, 4) is 0 Å². The van der Waals surface area contributed by atoms with E-state index in [1.54, 1.807) is 7.11 Å². The summed E-state index contributed by atoms with van der Waals surface area (Å²) in [6.07, 6.45) is 7.75. The average molecular weight is 295 g/mol. The van der Waals surface area contributed by atoms with E-state index < -0.39 is 11.2 Å². The van der Waals surface area contributed by atoms with Gasteiger partial charge in [-0.3, -0.25) is 4.79 Å². The van der Waals surface area contributed by atoms with Crippen molar-refractivity contribution in [2.24, 2.45) is 5.41 Å². The van der Waals surface area contributed by atoms with Gasteiger partial charge in [0.1, 0.15) is 5.41 Å². The van der Waals surface area contributed by atoms with E-state index in [1.807, 2.05) is 17.9 Å². The van der Waals surface area contributed by atoms with Gasteiger partial charge < -0.3 is 19.1 Å². The summed E-state index contributed by atoms with van der Waals surface area (Å²) < 4.78 is 17.1. The number of methoxy groups -OCH3 is 1. The maximum atomic E-state index is 13.2. The Bertz CT molecular complexity index is 430. The van der Waals surface area contributed by atoms with Crippen LogP contribution < -0.4 is 0 Å². The largest absolute Gasteiger partial charge is 0.383 e. The van der Waals surface area contributed by atoms with Crippen molar-refractivity contribution in [1.29, 1.82) is 0 Å². The van der Waals surface area contributed by atoms with Crippen LogP contribution in [0.3, 0.4) is 0 Å². The van der Waals surface area contributed by atoms with Gasteiger partial charge in [0.2, 0.25) is 5.91 Å². The highest BCUT2D eigenvalue weighted by Gasteiger charge is 2.58. The highest BCUT2D eigenvalue weighted by Crippen LogP contribution is 2.47. The van der Waals surface area contributed by atoms with Crippen LogP contribution in [0.2, 0.25) is 0 Å². The van der Waals surface area contributed by atoms with Gasteiger partial charge in [0, 0.05) is 20.1 Å². The van der Waals surface area contributed by atoms with Gasteiger partial charge in [0.05, 0.1) is 25.9 Å². The third-order valence-electron chi connectivity index (χ3n) is 5.08. The molecule has 1 amide bonds. The SMILES string of the molecule is COC[C@@H]1CCCN1C(=O)[C@]1(C)C=CCCC12OCCO2. The van der Waals surface area contributed by atoms with Gasteiger partial charge in [-0.1, -0.05) is 12.2 Å². The summed E-state index contributed by atoms with van der Waals surface area (Å²) in [4.78, 5) is 15.2. The lowest BCUT2D eigenvalue weighted by atomic mass is 9.73. The van der Waals surface area contributed by atoms with Crippen LogP contribution in [0.1, 0.15) is 32.6 Å². The van der Waals surface area contributed by atoms with E-state index in [1.165, 1.54) is 0 Å². The standard InChI is InChI=1S/C16H25NO4/c1-15(7-3-4-8-16(15)20-10-11-21-16)14(18)17-9-5-6-13(17)12-19-2/h3,7,13H,4-6,8-12H2,1-2H3/t13-,15-/m0/s1. The maximum Gasteiger partial charge on any atom is 0.238 e. The lowest BCUT2D eigenvalue weighted by Gasteiger charge is -2.45. The number of ether oxygens (including phenoxy) is 3. The summed E-state index contributed by atoms with van der Waals surface area (Å²) in [5, 5.41) is 0. The molecule has 0 aromatic rings. The van der Waals surface area contributed by atoms with Crippen LogP contribution in [0.15, 0.2) is 12.2 Å². The summed E-state index contributed by atoms with van der Waals surface area (Å²) >= 11 is 0. The quantitative estimate of drug-likeness (QED) is 0.744. The molecule has 2 heterocycles. The number of amides is 1. The number of carbonyl (C=O) groups is 1. The van der Waals surface area contributed by atoms with Crippen molar-refractivity contribution in [2.45, 2.75) is 44.4 Å². The number of allylic oxidation sites excluding steroid dienone is 1. The summed E-state index contributed by atoms with van der Waals surface area (Å²) in [5.41, 5.74) is -0.738. The molecule has 118 valence electrons. The van der Waals surface area contributed by atoms with Crippen molar-refractivity contribution in [3.63, 3.8) is 0 Å². The van der Waals surface area contributed by atoms with Crippen LogP contribution >= 0.6 is 0 Å². The molecule has 5 nitrogen and oxygen atoms in total. The Kier molecular flexibility index (Phi) is 4.08. The second-order valence-electron chi connectivity index (χ2n) is 6.34. The Hall–Kier alpha value is -0.910. The van der Waals surface area contributed by atoms with Crippen LogP contribution in [0.25, 0.3) is 0 Å². The number of likely N-dealkylation sites (tertiary alicyclic amines) is 1. The smallest absolute Gasteiger partial charge is 0.238 e. The summed E-state index contributed by atoms with van der Waals surface area (Å²) in [7, 11) is 1.69. The molecule has 0 bridgehead atoms. The van der Waals surface area contributed by atoms with Crippen LogP contribution in [-0.2, 0) is 19.0 Å². The molecule has 21 heavy (non-hydrogen) atoms. The number of nitrogens with zero attached hydrogens (tertiary/aromatic N) is 1. The molecule has 0 radical (unpaired) electrons. The van der Waals surface area contributed by atoms with E-state index in [0.717, 1.165) is 32.2 Å². The monoisotopic (exact) mass is 295 g/mol. The minimum atomic E-state index is -0.779. The zero-order chi connectivity index (χ0) is 14.9. The molecule has 0 aromatic heterocycles. The molecule has 0 aromatic carbocycles. The Balaban J connectivity index is 1.87. The van der Waals surface area contributed by atoms with Crippen LogP contribution in [0.4, 0.5) is 0 Å². The van der Waals surface area contributed by atoms with E-state index >= 15 is 0 Å². The average Bonchev–Trinajstić information content (AvgIpc) is 3.12. The summed E-state index contributed by atoms with van der Waals surface area (Å²) in [5.74, 6) is -0.668. The van der Waals surface area contributed by atoms with Gasteiger partial charge in [0.15, 0.2) is 5.79 Å². The first kappa shape index (κ1) is 15.0. The molecule has 0 N–H and O–H groups in total. The number of rotatable bonds is 3. The van der Waals surface area contributed by atoms with E-state index in [9.17, 15) is 4.79 Å².